The number of hydrogen-bond donors (Lipinski definition) is 4. The fourth-order valence-electron chi connectivity index (χ4n) is 4.17. The van der Waals surface area contributed by atoms with E-state index in [0.29, 0.717) is 17.9 Å². The molecule has 1 aromatic heterocycles. The molecule has 3 rings (SSSR count). The molecule has 1 atom stereocenters. The Labute approximate surface area is 213 Å². The normalized spacial score (nSPS) is 15.8. The summed E-state index contributed by atoms with van der Waals surface area (Å²) in [4.78, 5) is 33.2. The van der Waals surface area contributed by atoms with Crippen LogP contribution >= 0.6 is 0 Å². The highest BCUT2D eigenvalue weighted by atomic mass is 16.6. The van der Waals surface area contributed by atoms with Gasteiger partial charge >= 0.3 is 6.09 Å². The quantitative estimate of drug-likeness (QED) is 0.386. The molecule has 1 unspecified atom stereocenters. The Bertz CT molecular complexity index is 1030. The van der Waals surface area contributed by atoms with E-state index in [-0.39, 0.29) is 6.04 Å². The first-order chi connectivity index (χ1) is 17.1. The monoisotopic (exact) mass is 497 g/mol. The number of nitrogens with one attached hydrogen (secondary N) is 3. The molecule has 2 aromatic rings. The molecule has 0 saturated carbocycles. The Morgan fingerprint density at radius 2 is 1.83 bits per heavy atom. The summed E-state index contributed by atoms with van der Waals surface area (Å²) >= 11 is 0. The van der Waals surface area contributed by atoms with Gasteiger partial charge in [0.05, 0.1) is 5.56 Å². The molecular formula is C26H39N7O3. The van der Waals surface area contributed by atoms with Gasteiger partial charge in [-0.1, -0.05) is 0 Å². The second-order valence-corrected chi connectivity index (χ2v) is 9.83. The largest absolute Gasteiger partial charge is 0.443 e. The van der Waals surface area contributed by atoms with Gasteiger partial charge in [0.1, 0.15) is 17.2 Å². The van der Waals surface area contributed by atoms with Gasteiger partial charge in [0, 0.05) is 43.6 Å². The molecule has 196 valence electrons. The number of benzene rings is 1. The molecular weight excluding hydrogens is 458 g/mol. The number of amides is 2. The second kappa shape index (κ2) is 11.9. The zero-order valence-corrected chi connectivity index (χ0v) is 21.9. The van der Waals surface area contributed by atoms with Crippen LogP contribution in [0.1, 0.15) is 57.8 Å². The van der Waals surface area contributed by atoms with E-state index in [1.807, 2.05) is 45.0 Å². The number of rotatable bonds is 9. The van der Waals surface area contributed by atoms with E-state index in [1.165, 1.54) is 0 Å². The van der Waals surface area contributed by atoms with Gasteiger partial charge in [0.15, 0.2) is 0 Å². The van der Waals surface area contributed by atoms with Gasteiger partial charge in [-0.3, -0.25) is 10.2 Å². The van der Waals surface area contributed by atoms with Crippen molar-refractivity contribution in [2.24, 2.45) is 5.73 Å². The van der Waals surface area contributed by atoms with Gasteiger partial charge in [-0.25, -0.2) is 15.2 Å². The van der Waals surface area contributed by atoms with Crippen molar-refractivity contribution in [2.45, 2.75) is 59.1 Å². The number of nitrogens with zero attached hydrogens (tertiary/aromatic N) is 3. The van der Waals surface area contributed by atoms with E-state index in [0.717, 1.165) is 49.7 Å². The minimum absolute atomic E-state index is 0.0212. The highest BCUT2D eigenvalue weighted by molar-refractivity contribution is 5.98. The van der Waals surface area contributed by atoms with Crippen LogP contribution in [-0.4, -0.2) is 54.8 Å². The number of hydrazine groups is 1. The van der Waals surface area contributed by atoms with Crippen molar-refractivity contribution in [2.75, 3.05) is 41.3 Å². The van der Waals surface area contributed by atoms with Gasteiger partial charge in [-0.05, 0) is 83.9 Å². The van der Waals surface area contributed by atoms with E-state index in [9.17, 15) is 9.59 Å². The van der Waals surface area contributed by atoms with Crippen molar-refractivity contribution < 1.29 is 14.3 Å². The standard InChI is InChI=1S/C26H39N7O3/c1-6-32(7-2)20-12-10-18(11-13-20)28-24-21(23(27)34)14-15-22(29-24)33-16-8-9-19(17-33)30-31-25(35)36-26(3,4)5/h10-15,19,30H,6-9,16-17H2,1-5H3,(H2,27,34)(H,28,29)(H,31,35). The molecule has 1 fully saturated rings. The average molecular weight is 498 g/mol. The minimum atomic E-state index is -0.564. The first-order valence-electron chi connectivity index (χ1n) is 12.5. The van der Waals surface area contributed by atoms with Crippen molar-refractivity contribution >= 4 is 35.0 Å². The summed E-state index contributed by atoms with van der Waals surface area (Å²) in [5.74, 6) is 0.597. The molecule has 2 heterocycles. The maximum atomic E-state index is 12.1. The third-order valence-electron chi connectivity index (χ3n) is 5.93. The van der Waals surface area contributed by atoms with Crippen LogP contribution in [0.5, 0.6) is 0 Å². The van der Waals surface area contributed by atoms with Crippen molar-refractivity contribution in [3.8, 4) is 0 Å². The summed E-state index contributed by atoms with van der Waals surface area (Å²) in [6, 6.07) is 11.5. The number of aromatic nitrogens is 1. The van der Waals surface area contributed by atoms with Gasteiger partial charge in [-0.15, -0.1) is 0 Å². The molecule has 1 saturated heterocycles. The summed E-state index contributed by atoms with van der Waals surface area (Å²) in [5, 5.41) is 3.26. The van der Waals surface area contributed by atoms with Gasteiger partial charge in [-0.2, -0.15) is 0 Å². The number of hydrogen-bond acceptors (Lipinski definition) is 8. The zero-order chi connectivity index (χ0) is 26.3. The molecule has 10 nitrogen and oxygen atoms in total. The Morgan fingerprint density at radius 3 is 2.44 bits per heavy atom. The van der Waals surface area contributed by atoms with Crippen molar-refractivity contribution in [1.29, 1.82) is 0 Å². The Morgan fingerprint density at radius 1 is 1.14 bits per heavy atom. The first-order valence-corrected chi connectivity index (χ1v) is 12.5. The maximum Gasteiger partial charge on any atom is 0.422 e. The van der Waals surface area contributed by atoms with E-state index >= 15 is 0 Å². The third kappa shape index (κ3) is 7.48. The average Bonchev–Trinajstić information content (AvgIpc) is 2.83. The second-order valence-electron chi connectivity index (χ2n) is 9.83. The Kier molecular flexibility index (Phi) is 8.98. The van der Waals surface area contributed by atoms with E-state index in [4.69, 9.17) is 15.5 Å². The van der Waals surface area contributed by atoms with Crippen LogP contribution in [0.3, 0.4) is 0 Å². The SMILES string of the molecule is CCN(CC)c1ccc(Nc2nc(N3CCCC(NNC(=O)OC(C)(C)C)C3)ccc2C(N)=O)cc1. The molecule has 0 radical (unpaired) electrons. The van der Waals surface area contributed by atoms with Crippen LogP contribution < -0.4 is 31.7 Å². The van der Waals surface area contributed by atoms with Gasteiger partial charge in [0.2, 0.25) is 0 Å². The number of nitrogens with two attached hydrogens (primary N) is 1. The number of ether oxygens (including phenoxy) is 1. The number of piperidine rings is 1. The molecule has 10 heteroatoms. The number of anilines is 4. The molecule has 1 aliphatic heterocycles. The first kappa shape index (κ1) is 27.1. The highest BCUT2D eigenvalue weighted by Gasteiger charge is 2.24. The Hall–Kier alpha value is -3.53. The fourth-order valence-corrected chi connectivity index (χ4v) is 4.17. The fraction of sp³-hybridized carbons (Fsp3) is 0.500. The van der Waals surface area contributed by atoms with Gasteiger partial charge in [0.25, 0.3) is 5.91 Å². The van der Waals surface area contributed by atoms with Crippen molar-refractivity contribution in [3.63, 3.8) is 0 Å². The maximum absolute atomic E-state index is 12.1. The van der Waals surface area contributed by atoms with E-state index in [1.54, 1.807) is 12.1 Å². The topological polar surface area (TPSA) is 125 Å². The summed E-state index contributed by atoms with van der Waals surface area (Å²) in [5.41, 5.74) is 13.0. The Balaban J connectivity index is 1.71. The van der Waals surface area contributed by atoms with Crippen LogP contribution in [-0.2, 0) is 4.74 Å². The summed E-state index contributed by atoms with van der Waals surface area (Å²) in [6.45, 7) is 13.0. The highest BCUT2D eigenvalue weighted by Crippen LogP contribution is 2.26. The van der Waals surface area contributed by atoms with E-state index < -0.39 is 17.6 Å². The molecule has 36 heavy (non-hydrogen) atoms. The lowest BCUT2D eigenvalue weighted by Gasteiger charge is -2.34. The van der Waals surface area contributed by atoms with Crippen LogP contribution in [0, 0.1) is 0 Å². The molecule has 5 N–H and O–H groups in total. The minimum Gasteiger partial charge on any atom is -0.443 e. The van der Waals surface area contributed by atoms with Crippen LogP contribution in [0.25, 0.3) is 0 Å². The van der Waals surface area contributed by atoms with Crippen molar-refractivity contribution in [1.82, 2.24) is 15.8 Å². The van der Waals surface area contributed by atoms with E-state index in [2.05, 4.69) is 39.8 Å². The molecule has 2 amide bonds. The van der Waals surface area contributed by atoms with Crippen LogP contribution in [0.15, 0.2) is 36.4 Å². The number of carbonyl (C=O) groups is 2. The van der Waals surface area contributed by atoms with Crippen LogP contribution in [0.2, 0.25) is 0 Å². The number of carbonyl (C=O) groups excluding carboxylic acids is 2. The molecule has 0 spiro atoms. The lowest BCUT2D eigenvalue weighted by atomic mass is 10.1. The molecule has 1 aromatic carbocycles. The van der Waals surface area contributed by atoms with Gasteiger partial charge < -0.3 is 25.6 Å². The smallest absolute Gasteiger partial charge is 0.422 e. The predicted octanol–water partition coefficient (Wildman–Crippen LogP) is 3.77. The lowest BCUT2D eigenvalue weighted by molar-refractivity contribution is 0.0485. The lowest BCUT2D eigenvalue weighted by Crippen LogP contribution is -2.53. The molecule has 0 bridgehead atoms. The summed E-state index contributed by atoms with van der Waals surface area (Å²) in [7, 11) is 0. The summed E-state index contributed by atoms with van der Waals surface area (Å²) < 4.78 is 5.29. The predicted molar refractivity (Wildman–Crippen MR) is 144 cm³/mol. The summed E-state index contributed by atoms with van der Waals surface area (Å²) in [6.07, 6.45) is 1.31. The number of pyridine rings is 1. The zero-order valence-electron chi connectivity index (χ0n) is 21.9. The molecule has 1 aliphatic rings. The van der Waals surface area contributed by atoms with Crippen LogP contribution in [0.4, 0.5) is 27.8 Å². The third-order valence-corrected chi connectivity index (χ3v) is 5.93. The molecule has 0 aliphatic carbocycles. The number of primary amides is 1. The van der Waals surface area contributed by atoms with Crippen molar-refractivity contribution in [3.05, 3.63) is 42.0 Å².